The van der Waals surface area contributed by atoms with Gasteiger partial charge < -0.3 is 9.47 Å². The van der Waals surface area contributed by atoms with Crippen molar-refractivity contribution in [1.82, 2.24) is 0 Å². The molecule has 0 aliphatic carbocycles. The first-order valence-corrected chi connectivity index (χ1v) is 9.33. The Balaban J connectivity index is 2.03. The van der Waals surface area contributed by atoms with Gasteiger partial charge in [0.05, 0.1) is 6.61 Å². The minimum atomic E-state index is -3.04. The second-order valence-electron chi connectivity index (χ2n) is 6.73. The molecule has 6 heteroatoms. The molecule has 1 atom stereocenters. The van der Waals surface area contributed by atoms with E-state index in [0.717, 1.165) is 23.3 Å². The van der Waals surface area contributed by atoms with E-state index in [2.05, 4.69) is 13.8 Å². The highest BCUT2D eigenvalue weighted by molar-refractivity contribution is 6.17. The highest BCUT2D eigenvalue weighted by atomic mass is 35.5. The van der Waals surface area contributed by atoms with Crippen LogP contribution in [-0.2, 0) is 5.41 Å². The molecule has 0 saturated heterocycles. The fourth-order valence-corrected chi connectivity index (χ4v) is 2.70. The van der Waals surface area contributed by atoms with E-state index in [4.69, 9.17) is 21.1 Å². The van der Waals surface area contributed by atoms with E-state index < -0.39 is 19.2 Å². The molecule has 27 heavy (non-hydrogen) atoms. The Labute approximate surface area is 163 Å². The van der Waals surface area contributed by atoms with Crippen LogP contribution >= 0.6 is 11.6 Å². The van der Waals surface area contributed by atoms with E-state index in [9.17, 15) is 13.2 Å². The van der Waals surface area contributed by atoms with Crippen LogP contribution in [0.4, 0.5) is 13.2 Å². The summed E-state index contributed by atoms with van der Waals surface area (Å²) >= 11 is 5.64. The molecule has 0 amide bonds. The molecule has 0 spiro atoms. The minimum absolute atomic E-state index is 0.279. The van der Waals surface area contributed by atoms with Crippen molar-refractivity contribution in [2.45, 2.75) is 38.3 Å². The minimum Gasteiger partial charge on any atom is -0.494 e. The summed E-state index contributed by atoms with van der Waals surface area (Å²) in [7, 11) is 0. The highest BCUT2D eigenvalue weighted by Gasteiger charge is 2.23. The first kappa shape index (κ1) is 21.4. The molecule has 2 rings (SSSR count). The molecule has 2 aromatic rings. The Bertz CT molecular complexity index is 688. The first-order valence-electron chi connectivity index (χ1n) is 8.79. The Morgan fingerprint density at radius 1 is 0.852 bits per heavy atom. The van der Waals surface area contributed by atoms with Gasteiger partial charge in [-0.1, -0.05) is 38.1 Å². The fourth-order valence-electron chi connectivity index (χ4n) is 2.60. The number of hydrogen-bond donors (Lipinski definition) is 0. The summed E-state index contributed by atoms with van der Waals surface area (Å²) in [6.07, 6.45) is -4.53. The maximum Gasteiger partial charge on any atom is 0.272 e. The van der Waals surface area contributed by atoms with Gasteiger partial charge in [0.15, 0.2) is 6.17 Å². The lowest BCUT2D eigenvalue weighted by atomic mass is 9.78. The molecule has 2 aromatic carbocycles. The van der Waals surface area contributed by atoms with Crippen LogP contribution in [0.1, 0.15) is 31.4 Å². The van der Waals surface area contributed by atoms with E-state index >= 15 is 0 Å². The maximum atomic E-state index is 12.9. The Morgan fingerprint density at radius 2 is 1.33 bits per heavy atom. The number of alkyl halides is 4. The third-order valence-corrected chi connectivity index (χ3v) is 4.65. The van der Waals surface area contributed by atoms with Crippen LogP contribution in [0.5, 0.6) is 11.5 Å². The number of hydrogen-bond acceptors (Lipinski definition) is 2. The van der Waals surface area contributed by atoms with Gasteiger partial charge in [-0.25, -0.2) is 13.2 Å². The van der Waals surface area contributed by atoms with Crippen molar-refractivity contribution in [2.24, 2.45) is 0 Å². The number of rotatable bonds is 10. The molecule has 0 radical (unpaired) electrons. The van der Waals surface area contributed by atoms with Crippen LogP contribution in [0.2, 0.25) is 0 Å². The Hall–Kier alpha value is -1.88. The normalized spacial score (nSPS) is 12.9. The lowest BCUT2D eigenvalue weighted by Gasteiger charge is -2.26. The van der Waals surface area contributed by atoms with Gasteiger partial charge in [0.2, 0.25) is 0 Å². The fraction of sp³-hybridized carbons (Fsp3) is 0.429. The lowest BCUT2D eigenvalue weighted by Crippen LogP contribution is -2.21. The quantitative estimate of drug-likeness (QED) is 0.359. The molecule has 0 saturated carbocycles. The third-order valence-electron chi connectivity index (χ3n) is 4.38. The van der Waals surface area contributed by atoms with Crippen molar-refractivity contribution in [1.29, 1.82) is 0 Å². The molecule has 0 bridgehead atoms. The van der Waals surface area contributed by atoms with Gasteiger partial charge in [-0.15, -0.1) is 11.6 Å². The van der Waals surface area contributed by atoms with Crippen molar-refractivity contribution in [3.8, 4) is 11.5 Å². The number of benzene rings is 2. The average molecular weight is 401 g/mol. The summed E-state index contributed by atoms with van der Waals surface area (Å²) in [4.78, 5) is 0. The molecular weight excluding hydrogens is 377 g/mol. The molecule has 0 heterocycles. The van der Waals surface area contributed by atoms with Gasteiger partial charge in [0.1, 0.15) is 18.1 Å². The van der Waals surface area contributed by atoms with Crippen molar-refractivity contribution in [3.05, 3.63) is 59.7 Å². The van der Waals surface area contributed by atoms with Crippen LogP contribution < -0.4 is 9.47 Å². The average Bonchev–Trinajstić information content (AvgIpc) is 2.67. The van der Waals surface area contributed by atoms with Crippen LogP contribution in [0.15, 0.2) is 48.5 Å². The van der Waals surface area contributed by atoms with E-state index in [1.165, 1.54) is 0 Å². The van der Waals surface area contributed by atoms with Gasteiger partial charge in [-0.05, 0) is 41.8 Å². The van der Waals surface area contributed by atoms with Gasteiger partial charge in [0, 0.05) is 11.3 Å². The van der Waals surface area contributed by atoms with Crippen molar-refractivity contribution >= 4 is 11.6 Å². The second kappa shape index (κ2) is 9.88. The number of halogens is 4. The zero-order valence-electron chi connectivity index (χ0n) is 15.4. The van der Waals surface area contributed by atoms with Crippen LogP contribution in [0.25, 0.3) is 0 Å². The second-order valence-corrected chi connectivity index (χ2v) is 7.10. The van der Waals surface area contributed by atoms with Gasteiger partial charge in [-0.3, -0.25) is 0 Å². The van der Waals surface area contributed by atoms with Crippen molar-refractivity contribution in [2.75, 3.05) is 19.1 Å². The smallest absolute Gasteiger partial charge is 0.272 e. The SMILES string of the molecule is CC(C)(c1ccc(OCCCCl)cc1)c1ccc(OCC(F)C(F)F)cc1. The Morgan fingerprint density at radius 3 is 1.78 bits per heavy atom. The summed E-state index contributed by atoms with van der Waals surface area (Å²) in [6, 6.07) is 14.9. The largest absolute Gasteiger partial charge is 0.494 e. The number of ether oxygens (including phenoxy) is 2. The summed E-state index contributed by atoms with van der Waals surface area (Å²) in [5.41, 5.74) is 1.84. The first-order chi connectivity index (χ1) is 12.8. The molecule has 2 nitrogen and oxygen atoms in total. The van der Waals surface area contributed by atoms with Crippen molar-refractivity contribution in [3.63, 3.8) is 0 Å². The molecule has 0 aliphatic rings. The molecule has 0 aromatic heterocycles. The predicted molar refractivity (Wildman–Crippen MR) is 102 cm³/mol. The Kier molecular flexibility index (Phi) is 7.84. The molecule has 0 fully saturated rings. The summed E-state index contributed by atoms with van der Waals surface area (Å²) in [6.45, 7) is 4.09. The summed E-state index contributed by atoms with van der Waals surface area (Å²) in [5, 5.41) is 0. The zero-order chi connectivity index (χ0) is 19.9. The zero-order valence-corrected chi connectivity index (χ0v) is 16.2. The highest BCUT2D eigenvalue weighted by Crippen LogP contribution is 2.33. The van der Waals surface area contributed by atoms with Gasteiger partial charge in [0.25, 0.3) is 6.43 Å². The van der Waals surface area contributed by atoms with E-state index in [0.29, 0.717) is 18.2 Å². The van der Waals surface area contributed by atoms with Crippen LogP contribution in [-0.4, -0.2) is 31.7 Å². The van der Waals surface area contributed by atoms with Gasteiger partial charge >= 0.3 is 0 Å². The van der Waals surface area contributed by atoms with E-state index in [-0.39, 0.29) is 5.41 Å². The van der Waals surface area contributed by atoms with Gasteiger partial charge in [-0.2, -0.15) is 0 Å². The third kappa shape index (κ3) is 6.06. The van der Waals surface area contributed by atoms with E-state index in [1.807, 2.05) is 36.4 Å². The standard InChI is InChI=1S/C21H24ClF3O2/c1-21(2,15-4-8-17(9-5-15)26-13-3-12-22)16-6-10-18(11-7-16)27-14-19(23)20(24)25/h4-11,19-20H,3,12-14H2,1-2H3. The van der Waals surface area contributed by atoms with E-state index in [1.54, 1.807) is 12.1 Å². The molecule has 1 unspecified atom stereocenters. The molecule has 0 aliphatic heterocycles. The van der Waals surface area contributed by atoms with Crippen molar-refractivity contribution < 1.29 is 22.6 Å². The maximum absolute atomic E-state index is 12.9. The summed E-state index contributed by atoms with van der Waals surface area (Å²) in [5.74, 6) is 1.72. The summed E-state index contributed by atoms with van der Waals surface area (Å²) < 4.78 is 48.0. The molecule has 148 valence electrons. The molecular formula is C21H24ClF3O2. The monoisotopic (exact) mass is 400 g/mol. The topological polar surface area (TPSA) is 18.5 Å². The van der Waals surface area contributed by atoms with Crippen LogP contribution in [0.3, 0.4) is 0 Å². The molecule has 0 N–H and O–H groups in total. The predicted octanol–water partition coefficient (Wildman–Crippen LogP) is 6.00. The lowest BCUT2D eigenvalue weighted by molar-refractivity contribution is 0.0231. The van der Waals surface area contributed by atoms with Crippen LogP contribution in [0, 0.1) is 0 Å².